The van der Waals surface area contributed by atoms with Crippen molar-refractivity contribution in [3.05, 3.63) is 40.0 Å². The molecular weight excluding hydrogens is 438 g/mol. The fraction of sp³-hybridized carbons (Fsp3) is 0.524. The molecule has 0 atom stereocenters. The summed E-state index contributed by atoms with van der Waals surface area (Å²) in [4.78, 5) is 31.1. The van der Waals surface area contributed by atoms with E-state index in [1.54, 1.807) is 21.9 Å². The zero-order chi connectivity index (χ0) is 22.2. The van der Waals surface area contributed by atoms with Crippen molar-refractivity contribution in [2.45, 2.75) is 31.6 Å². The minimum absolute atomic E-state index is 0.0648. The van der Waals surface area contributed by atoms with Crippen LogP contribution in [0.5, 0.6) is 0 Å². The molecule has 0 aromatic carbocycles. The van der Waals surface area contributed by atoms with Gasteiger partial charge in [-0.05, 0) is 38.8 Å². The summed E-state index contributed by atoms with van der Waals surface area (Å²) in [7, 11) is -3.53. The smallest absolute Gasteiger partial charge is 0.257 e. The highest BCUT2D eigenvalue weighted by Gasteiger charge is 2.35. The van der Waals surface area contributed by atoms with E-state index < -0.39 is 10.0 Å². The van der Waals surface area contributed by atoms with Crippen LogP contribution in [0.4, 0.5) is 0 Å². The van der Waals surface area contributed by atoms with Gasteiger partial charge in [-0.15, -0.1) is 11.3 Å². The molecule has 2 amide bonds. The van der Waals surface area contributed by atoms with Gasteiger partial charge < -0.3 is 14.2 Å². The number of carbonyl (C=O) groups is 2. The molecule has 0 aliphatic carbocycles. The van der Waals surface area contributed by atoms with Crippen molar-refractivity contribution in [2.75, 3.05) is 39.3 Å². The van der Waals surface area contributed by atoms with Crippen molar-refractivity contribution < 1.29 is 22.4 Å². The van der Waals surface area contributed by atoms with Gasteiger partial charge in [-0.2, -0.15) is 4.31 Å². The maximum atomic E-state index is 13.0. The topological polar surface area (TPSA) is 91.1 Å². The third kappa shape index (κ3) is 4.42. The van der Waals surface area contributed by atoms with Crippen LogP contribution in [0.15, 0.2) is 34.0 Å². The second kappa shape index (κ2) is 8.76. The van der Waals surface area contributed by atoms with Gasteiger partial charge in [0, 0.05) is 54.9 Å². The molecule has 0 N–H and O–H groups in total. The first-order valence-electron chi connectivity index (χ1n) is 10.4. The van der Waals surface area contributed by atoms with Crippen molar-refractivity contribution >= 4 is 33.2 Å². The van der Waals surface area contributed by atoms with E-state index in [0.717, 1.165) is 9.75 Å². The lowest BCUT2D eigenvalue weighted by atomic mass is 9.94. The van der Waals surface area contributed by atoms with Gasteiger partial charge in [0.1, 0.15) is 6.26 Å². The summed E-state index contributed by atoms with van der Waals surface area (Å²) in [5, 5.41) is 0. The lowest BCUT2D eigenvalue weighted by molar-refractivity contribution is -0.138. The Hall–Kier alpha value is -2.17. The molecule has 0 unspecified atom stereocenters. The number of piperazine rings is 1. The third-order valence-electron chi connectivity index (χ3n) is 6.06. The summed E-state index contributed by atoms with van der Waals surface area (Å²) in [6, 6.07) is 3.37. The van der Waals surface area contributed by atoms with E-state index in [9.17, 15) is 18.0 Å². The Morgan fingerprint density at radius 1 is 1.03 bits per heavy atom. The Kier molecular flexibility index (Phi) is 6.23. The number of hydrogen-bond acceptors (Lipinski definition) is 6. The van der Waals surface area contributed by atoms with Gasteiger partial charge in [-0.25, -0.2) is 8.42 Å². The van der Waals surface area contributed by atoms with Crippen LogP contribution in [-0.4, -0.2) is 73.6 Å². The van der Waals surface area contributed by atoms with Crippen molar-refractivity contribution in [1.29, 1.82) is 0 Å². The molecule has 2 fully saturated rings. The average Bonchev–Trinajstić information content (AvgIpc) is 3.43. The van der Waals surface area contributed by atoms with Crippen molar-refractivity contribution in [3.63, 3.8) is 0 Å². The average molecular weight is 466 g/mol. The molecule has 2 aliphatic heterocycles. The largest absolute Gasteiger partial charge is 0.472 e. The zero-order valence-electron chi connectivity index (χ0n) is 17.7. The van der Waals surface area contributed by atoms with Crippen molar-refractivity contribution in [3.8, 4) is 0 Å². The fourth-order valence-electron chi connectivity index (χ4n) is 4.31. The van der Waals surface area contributed by atoms with E-state index in [1.165, 1.54) is 28.2 Å². The van der Waals surface area contributed by atoms with Crippen LogP contribution in [0, 0.1) is 19.8 Å². The first-order chi connectivity index (χ1) is 14.8. The van der Waals surface area contributed by atoms with Crippen LogP contribution < -0.4 is 0 Å². The van der Waals surface area contributed by atoms with E-state index in [0.29, 0.717) is 62.6 Å². The van der Waals surface area contributed by atoms with E-state index in [1.807, 2.05) is 13.8 Å². The molecule has 0 radical (unpaired) electrons. The standard InChI is InChI=1S/C21H27N3O5S2/c1-15-13-19(16(2)30-15)31(27,28)24-10-8-23(9-11-24)20(25)17-3-6-22(7-4-17)21(26)18-5-12-29-14-18/h5,12-14,17H,3-4,6-11H2,1-2H3. The van der Waals surface area contributed by atoms with Crippen LogP contribution in [0.2, 0.25) is 0 Å². The first kappa shape index (κ1) is 22.0. The Morgan fingerprint density at radius 2 is 1.71 bits per heavy atom. The number of carbonyl (C=O) groups excluding carboxylic acids is 2. The maximum absolute atomic E-state index is 13.0. The number of amides is 2. The summed E-state index contributed by atoms with van der Waals surface area (Å²) in [6.45, 7) is 6.20. The molecule has 4 rings (SSSR count). The quantitative estimate of drug-likeness (QED) is 0.691. The van der Waals surface area contributed by atoms with Gasteiger partial charge in [0.15, 0.2) is 0 Å². The molecule has 168 valence electrons. The third-order valence-corrected chi connectivity index (χ3v) is 9.18. The number of likely N-dealkylation sites (tertiary alicyclic amines) is 1. The molecule has 2 saturated heterocycles. The molecular formula is C21H27N3O5S2. The molecule has 0 bridgehead atoms. The van der Waals surface area contributed by atoms with Gasteiger partial charge in [0.25, 0.3) is 5.91 Å². The van der Waals surface area contributed by atoms with Crippen molar-refractivity contribution in [2.24, 2.45) is 5.92 Å². The highest BCUT2D eigenvalue weighted by atomic mass is 32.2. The molecule has 10 heteroatoms. The molecule has 2 aliphatic rings. The number of piperidine rings is 1. The minimum atomic E-state index is -3.53. The lowest BCUT2D eigenvalue weighted by Crippen LogP contribution is -2.53. The summed E-state index contributed by atoms with van der Waals surface area (Å²) < 4.78 is 32.4. The molecule has 8 nitrogen and oxygen atoms in total. The van der Waals surface area contributed by atoms with E-state index >= 15 is 0 Å². The predicted molar refractivity (Wildman–Crippen MR) is 116 cm³/mol. The Balaban J connectivity index is 1.31. The Bertz CT molecular complexity index is 1040. The van der Waals surface area contributed by atoms with Gasteiger partial charge in [0.05, 0.1) is 16.7 Å². The SMILES string of the molecule is Cc1cc(S(=O)(=O)N2CCN(C(=O)C3CCN(C(=O)c4ccoc4)CC3)CC2)c(C)s1. The first-order valence-corrected chi connectivity index (χ1v) is 12.7. The van der Waals surface area contributed by atoms with Crippen LogP contribution in [-0.2, 0) is 14.8 Å². The number of rotatable bonds is 4. The van der Waals surface area contributed by atoms with Crippen molar-refractivity contribution in [1.82, 2.24) is 14.1 Å². The zero-order valence-corrected chi connectivity index (χ0v) is 19.4. The number of nitrogens with zero attached hydrogens (tertiary/aromatic N) is 3. The summed E-state index contributed by atoms with van der Waals surface area (Å²) >= 11 is 1.48. The monoisotopic (exact) mass is 465 g/mol. The fourth-order valence-corrected chi connectivity index (χ4v) is 7.25. The molecule has 2 aromatic rings. The molecule has 0 saturated carbocycles. The number of sulfonamides is 1. The van der Waals surface area contributed by atoms with Crippen LogP contribution in [0.1, 0.15) is 33.0 Å². The normalized spacial score (nSPS) is 19.0. The van der Waals surface area contributed by atoms with Crippen LogP contribution in [0.25, 0.3) is 0 Å². The van der Waals surface area contributed by atoms with Gasteiger partial charge in [-0.1, -0.05) is 0 Å². The molecule has 4 heterocycles. The number of hydrogen-bond donors (Lipinski definition) is 0. The summed E-state index contributed by atoms with van der Waals surface area (Å²) in [5.41, 5.74) is 0.526. The number of thiophene rings is 1. The maximum Gasteiger partial charge on any atom is 0.257 e. The van der Waals surface area contributed by atoms with Gasteiger partial charge in [-0.3, -0.25) is 9.59 Å². The van der Waals surface area contributed by atoms with E-state index in [4.69, 9.17) is 4.42 Å². The number of aryl methyl sites for hydroxylation is 2. The highest BCUT2D eigenvalue weighted by molar-refractivity contribution is 7.89. The van der Waals surface area contributed by atoms with E-state index in [-0.39, 0.29) is 17.7 Å². The Labute approximate surface area is 186 Å². The molecule has 31 heavy (non-hydrogen) atoms. The molecule has 2 aromatic heterocycles. The van der Waals surface area contributed by atoms with Gasteiger partial charge >= 0.3 is 0 Å². The van der Waals surface area contributed by atoms with Crippen LogP contribution in [0.3, 0.4) is 0 Å². The van der Waals surface area contributed by atoms with E-state index in [2.05, 4.69) is 0 Å². The second-order valence-electron chi connectivity index (χ2n) is 8.09. The predicted octanol–water partition coefficient (Wildman–Crippen LogP) is 2.34. The second-order valence-corrected chi connectivity index (χ2v) is 11.5. The number of furan rings is 1. The lowest BCUT2D eigenvalue weighted by Gasteiger charge is -2.38. The molecule has 0 spiro atoms. The summed E-state index contributed by atoms with van der Waals surface area (Å²) in [5.74, 6) is -0.134. The highest BCUT2D eigenvalue weighted by Crippen LogP contribution is 2.29. The van der Waals surface area contributed by atoms with Crippen LogP contribution >= 0.6 is 11.3 Å². The Morgan fingerprint density at radius 3 is 2.26 bits per heavy atom. The van der Waals surface area contributed by atoms with Gasteiger partial charge in [0.2, 0.25) is 15.9 Å². The minimum Gasteiger partial charge on any atom is -0.472 e. The summed E-state index contributed by atoms with van der Waals surface area (Å²) in [6.07, 6.45) is 4.15.